The summed E-state index contributed by atoms with van der Waals surface area (Å²) in [7, 11) is 0. The van der Waals surface area contributed by atoms with E-state index in [1.54, 1.807) is 0 Å². The molecule has 1 aromatic rings. The minimum absolute atomic E-state index is 0.257. The van der Waals surface area contributed by atoms with Crippen molar-refractivity contribution in [2.24, 2.45) is 5.92 Å². The Hall–Kier alpha value is -1.34. The van der Waals surface area contributed by atoms with Gasteiger partial charge in [-0.15, -0.1) is 6.58 Å². The zero-order valence-electron chi connectivity index (χ0n) is 9.68. The van der Waals surface area contributed by atoms with Crippen molar-refractivity contribution < 1.29 is 5.11 Å². The molecule has 1 rings (SSSR count). The molecule has 0 aromatic heterocycles. The molecule has 1 heteroatoms. The lowest BCUT2D eigenvalue weighted by Gasteiger charge is -2.09. The van der Waals surface area contributed by atoms with Crippen LogP contribution in [0.25, 0.3) is 6.08 Å². The lowest BCUT2D eigenvalue weighted by Crippen LogP contribution is -2.03. The van der Waals surface area contributed by atoms with Crippen molar-refractivity contribution in [3.63, 3.8) is 0 Å². The molecule has 0 radical (unpaired) electrons. The molecule has 0 spiro atoms. The first kappa shape index (κ1) is 12.7. The zero-order valence-corrected chi connectivity index (χ0v) is 9.68. The van der Waals surface area contributed by atoms with Crippen LogP contribution in [0.15, 0.2) is 49.1 Å². The Morgan fingerprint density at radius 1 is 1.25 bits per heavy atom. The molecule has 86 valence electrons. The van der Waals surface area contributed by atoms with Crippen LogP contribution in [0.3, 0.4) is 0 Å². The van der Waals surface area contributed by atoms with Crippen molar-refractivity contribution >= 4 is 6.08 Å². The van der Waals surface area contributed by atoms with Gasteiger partial charge in [0.15, 0.2) is 0 Å². The maximum absolute atomic E-state index is 9.18. The van der Waals surface area contributed by atoms with Crippen LogP contribution >= 0.6 is 0 Å². The highest BCUT2D eigenvalue weighted by atomic mass is 16.3. The van der Waals surface area contributed by atoms with E-state index in [0.29, 0.717) is 5.92 Å². The molecule has 1 nitrogen and oxygen atoms in total. The molecular formula is C15H20O. The van der Waals surface area contributed by atoms with Crippen molar-refractivity contribution in [1.82, 2.24) is 0 Å². The lowest BCUT2D eigenvalue weighted by molar-refractivity contribution is 0.221. The molecule has 0 aliphatic heterocycles. The standard InChI is InChI=1S/C15H20O/c1-2-3-8-15(13-16)12-7-11-14-9-5-4-6-10-14/h2,4-7,9-11,15-16H,1,3,8,12-13H2/b11-7+. The molecule has 1 unspecified atom stereocenters. The van der Waals surface area contributed by atoms with Gasteiger partial charge in [0.2, 0.25) is 0 Å². The van der Waals surface area contributed by atoms with E-state index in [0.717, 1.165) is 19.3 Å². The van der Waals surface area contributed by atoms with Crippen LogP contribution < -0.4 is 0 Å². The maximum Gasteiger partial charge on any atom is 0.0462 e. The van der Waals surface area contributed by atoms with Gasteiger partial charge in [0.05, 0.1) is 0 Å². The Kier molecular flexibility index (Phi) is 6.28. The number of aliphatic hydroxyl groups is 1. The highest BCUT2D eigenvalue weighted by molar-refractivity contribution is 5.48. The molecular weight excluding hydrogens is 196 g/mol. The minimum Gasteiger partial charge on any atom is -0.396 e. The van der Waals surface area contributed by atoms with Crippen LogP contribution in [-0.2, 0) is 0 Å². The molecule has 0 bridgehead atoms. The van der Waals surface area contributed by atoms with Gasteiger partial charge in [-0.05, 0) is 30.7 Å². The summed E-state index contributed by atoms with van der Waals surface area (Å²) >= 11 is 0. The van der Waals surface area contributed by atoms with E-state index in [1.807, 2.05) is 24.3 Å². The summed E-state index contributed by atoms with van der Waals surface area (Å²) in [5.41, 5.74) is 1.21. The predicted molar refractivity (Wildman–Crippen MR) is 70.1 cm³/mol. The first-order valence-corrected chi connectivity index (χ1v) is 5.80. The minimum atomic E-state index is 0.257. The largest absolute Gasteiger partial charge is 0.396 e. The number of hydrogen-bond donors (Lipinski definition) is 1. The van der Waals surface area contributed by atoms with Crippen LogP contribution in [0, 0.1) is 5.92 Å². The van der Waals surface area contributed by atoms with Crippen LogP contribution in [0.4, 0.5) is 0 Å². The fourth-order valence-corrected chi connectivity index (χ4v) is 1.60. The lowest BCUT2D eigenvalue weighted by atomic mass is 10.00. The Morgan fingerprint density at radius 2 is 2.00 bits per heavy atom. The summed E-state index contributed by atoms with van der Waals surface area (Å²) in [5.74, 6) is 0.359. The molecule has 0 amide bonds. The molecule has 16 heavy (non-hydrogen) atoms. The van der Waals surface area contributed by atoms with Crippen molar-refractivity contribution in [3.05, 3.63) is 54.6 Å². The molecule has 1 atom stereocenters. The van der Waals surface area contributed by atoms with E-state index in [1.165, 1.54) is 5.56 Å². The van der Waals surface area contributed by atoms with Crippen LogP contribution in [0.2, 0.25) is 0 Å². The zero-order chi connectivity index (χ0) is 11.6. The van der Waals surface area contributed by atoms with Crippen molar-refractivity contribution in [2.75, 3.05) is 6.61 Å². The molecule has 1 aromatic carbocycles. The normalized spacial score (nSPS) is 12.8. The summed E-state index contributed by atoms with van der Waals surface area (Å²) in [6.45, 7) is 3.95. The summed E-state index contributed by atoms with van der Waals surface area (Å²) in [5, 5.41) is 9.18. The Bertz CT molecular complexity index is 313. The summed E-state index contributed by atoms with van der Waals surface area (Å²) < 4.78 is 0. The Labute approximate surface area is 98.1 Å². The van der Waals surface area contributed by atoms with Gasteiger partial charge in [-0.2, -0.15) is 0 Å². The third-order valence-electron chi connectivity index (χ3n) is 2.62. The molecule has 0 fully saturated rings. The fourth-order valence-electron chi connectivity index (χ4n) is 1.60. The van der Waals surface area contributed by atoms with Crippen molar-refractivity contribution in [2.45, 2.75) is 19.3 Å². The predicted octanol–water partition coefficient (Wildman–Crippen LogP) is 3.66. The van der Waals surface area contributed by atoms with Gasteiger partial charge < -0.3 is 5.11 Å². The molecule has 0 saturated carbocycles. The quantitative estimate of drug-likeness (QED) is 0.689. The van der Waals surface area contributed by atoms with Crippen molar-refractivity contribution in [1.29, 1.82) is 0 Å². The molecule has 0 aliphatic carbocycles. The average molecular weight is 216 g/mol. The third kappa shape index (κ3) is 4.94. The van der Waals surface area contributed by atoms with Gasteiger partial charge in [-0.25, -0.2) is 0 Å². The van der Waals surface area contributed by atoms with Gasteiger partial charge in [-0.3, -0.25) is 0 Å². The Balaban J connectivity index is 2.37. The number of aliphatic hydroxyl groups excluding tert-OH is 1. The highest BCUT2D eigenvalue weighted by Crippen LogP contribution is 2.13. The van der Waals surface area contributed by atoms with E-state index in [2.05, 4.69) is 30.9 Å². The Morgan fingerprint density at radius 3 is 2.62 bits per heavy atom. The van der Waals surface area contributed by atoms with Gasteiger partial charge in [0, 0.05) is 6.61 Å². The second-order valence-electron chi connectivity index (χ2n) is 3.96. The van der Waals surface area contributed by atoms with Gasteiger partial charge >= 0.3 is 0 Å². The van der Waals surface area contributed by atoms with E-state index in [-0.39, 0.29) is 6.61 Å². The summed E-state index contributed by atoms with van der Waals surface area (Å²) in [4.78, 5) is 0. The average Bonchev–Trinajstić information content (AvgIpc) is 2.35. The second kappa shape index (κ2) is 7.89. The van der Waals surface area contributed by atoms with Crippen LogP contribution in [0.5, 0.6) is 0 Å². The monoisotopic (exact) mass is 216 g/mol. The fraction of sp³-hybridized carbons (Fsp3) is 0.333. The van der Waals surface area contributed by atoms with E-state index >= 15 is 0 Å². The molecule has 0 saturated heterocycles. The van der Waals surface area contributed by atoms with Gasteiger partial charge in [-0.1, -0.05) is 48.6 Å². The van der Waals surface area contributed by atoms with Gasteiger partial charge in [0.25, 0.3) is 0 Å². The van der Waals surface area contributed by atoms with E-state index < -0.39 is 0 Å². The smallest absolute Gasteiger partial charge is 0.0462 e. The first-order valence-electron chi connectivity index (χ1n) is 5.80. The van der Waals surface area contributed by atoms with E-state index in [9.17, 15) is 5.11 Å². The summed E-state index contributed by atoms with van der Waals surface area (Å²) in [6.07, 6.45) is 9.07. The van der Waals surface area contributed by atoms with Crippen molar-refractivity contribution in [3.8, 4) is 0 Å². The maximum atomic E-state index is 9.18. The van der Waals surface area contributed by atoms with Crippen LogP contribution in [0.1, 0.15) is 24.8 Å². The number of rotatable bonds is 7. The SMILES string of the molecule is C=CCCC(CO)C/C=C/c1ccccc1. The number of hydrogen-bond acceptors (Lipinski definition) is 1. The third-order valence-corrected chi connectivity index (χ3v) is 2.62. The number of benzene rings is 1. The van der Waals surface area contributed by atoms with Crippen LogP contribution in [-0.4, -0.2) is 11.7 Å². The molecule has 0 aliphatic rings. The topological polar surface area (TPSA) is 20.2 Å². The molecule has 1 N–H and O–H groups in total. The second-order valence-corrected chi connectivity index (χ2v) is 3.96. The molecule has 0 heterocycles. The highest BCUT2D eigenvalue weighted by Gasteiger charge is 2.03. The number of allylic oxidation sites excluding steroid dienone is 2. The van der Waals surface area contributed by atoms with E-state index in [4.69, 9.17) is 0 Å². The van der Waals surface area contributed by atoms with Gasteiger partial charge in [0.1, 0.15) is 0 Å². The summed E-state index contributed by atoms with van der Waals surface area (Å²) in [6, 6.07) is 10.2. The first-order chi connectivity index (χ1) is 7.86.